The first-order valence-electron chi connectivity index (χ1n) is 9.88. The molecule has 0 aliphatic heterocycles. The van der Waals surface area contributed by atoms with Crippen molar-refractivity contribution < 1.29 is 17.9 Å². The molecule has 5 nitrogen and oxygen atoms in total. The number of aromatic nitrogens is 2. The Labute approximate surface area is 182 Å². The van der Waals surface area contributed by atoms with Gasteiger partial charge in [0.15, 0.2) is 0 Å². The largest absolute Gasteiger partial charge is 0.573 e. The van der Waals surface area contributed by atoms with Gasteiger partial charge >= 0.3 is 6.36 Å². The molecule has 31 heavy (non-hydrogen) atoms. The van der Waals surface area contributed by atoms with Crippen molar-refractivity contribution in [2.45, 2.75) is 38.1 Å². The van der Waals surface area contributed by atoms with Crippen molar-refractivity contribution in [1.29, 1.82) is 0 Å². The van der Waals surface area contributed by atoms with E-state index in [0.29, 0.717) is 28.0 Å². The number of nitrogens with zero attached hydrogens (tertiary/aromatic N) is 2. The van der Waals surface area contributed by atoms with Crippen LogP contribution in [-0.2, 0) is 0 Å². The highest BCUT2D eigenvalue weighted by atomic mass is 35.5. The van der Waals surface area contributed by atoms with Gasteiger partial charge in [0.25, 0.3) is 0 Å². The van der Waals surface area contributed by atoms with Crippen LogP contribution in [0.4, 0.5) is 30.6 Å². The molecule has 3 aromatic rings. The molecule has 1 heterocycles. The van der Waals surface area contributed by atoms with E-state index >= 15 is 0 Å². The molecule has 1 aliphatic rings. The molecular weight excluding hydrogens is 429 g/mol. The van der Waals surface area contributed by atoms with Crippen LogP contribution in [0.3, 0.4) is 0 Å². The fraction of sp³-hybridized carbons (Fsp3) is 0.273. The molecule has 0 amide bonds. The molecule has 1 saturated carbocycles. The normalized spacial score (nSPS) is 14.5. The summed E-state index contributed by atoms with van der Waals surface area (Å²) in [5.41, 5.74) is 1.73. The van der Waals surface area contributed by atoms with Crippen LogP contribution in [0.2, 0.25) is 5.02 Å². The second kappa shape index (κ2) is 9.01. The van der Waals surface area contributed by atoms with Gasteiger partial charge in [-0.15, -0.1) is 13.2 Å². The smallest absolute Gasteiger partial charge is 0.406 e. The lowest BCUT2D eigenvalue weighted by atomic mass is 10.1. The molecule has 2 N–H and O–H groups in total. The molecule has 162 valence electrons. The number of ether oxygens (including phenoxy) is 1. The first-order valence-corrected chi connectivity index (χ1v) is 10.3. The van der Waals surface area contributed by atoms with Gasteiger partial charge in [-0.05, 0) is 49.2 Å². The first-order chi connectivity index (χ1) is 14.8. The van der Waals surface area contributed by atoms with Gasteiger partial charge in [-0.3, -0.25) is 0 Å². The molecule has 9 heteroatoms. The second-order valence-corrected chi connectivity index (χ2v) is 7.73. The predicted octanol–water partition coefficient (Wildman–Crippen LogP) is 6.79. The third-order valence-corrected chi connectivity index (χ3v) is 5.15. The fourth-order valence-corrected chi connectivity index (χ4v) is 3.64. The maximum Gasteiger partial charge on any atom is 0.573 e. The van der Waals surface area contributed by atoms with Crippen LogP contribution in [0, 0.1) is 0 Å². The van der Waals surface area contributed by atoms with Crippen molar-refractivity contribution in [3.05, 3.63) is 59.6 Å². The summed E-state index contributed by atoms with van der Waals surface area (Å²) in [6.45, 7) is 0. The SMILES string of the molecule is FC(F)(F)Oc1cccc(-c2cc(Nc3ccc(Cl)cc3)nc(NC3CCCC3)n2)c1. The van der Waals surface area contributed by atoms with Crippen molar-refractivity contribution in [2.75, 3.05) is 10.6 Å². The summed E-state index contributed by atoms with van der Waals surface area (Å²) in [5.74, 6) is 0.624. The Morgan fingerprint density at radius 1 is 0.968 bits per heavy atom. The number of rotatable bonds is 6. The highest BCUT2D eigenvalue weighted by Gasteiger charge is 2.31. The number of anilines is 3. The molecule has 1 aromatic heterocycles. The van der Waals surface area contributed by atoms with E-state index in [9.17, 15) is 13.2 Å². The highest BCUT2D eigenvalue weighted by molar-refractivity contribution is 6.30. The van der Waals surface area contributed by atoms with Crippen LogP contribution in [0.1, 0.15) is 25.7 Å². The van der Waals surface area contributed by atoms with Crippen molar-refractivity contribution in [1.82, 2.24) is 9.97 Å². The Morgan fingerprint density at radius 3 is 2.42 bits per heavy atom. The number of nitrogens with one attached hydrogen (secondary N) is 2. The van der Waals surface area contributed by atoms with Crippen LogP contribution in [0.15, 0.2) is 54.6 Å². The van der Waals surface area contributed by atoms with Gasteiger partial charge in [-0.2, -0.15) is 4.98 Å². The average molecular weight is 449 g/mol. The zero-order valence-corrected chi connectivity index (χ0v) is 17.2. The van der Waals surface area contributed by atoms with Crippen LogP contribution in [0.25, 0.3) is 11.3 Å². The second-order valence-electron chi connectivity index (χ2n) is 7.30. The molecule has 0 atom stereocenters. The first kappa shape index (κ1) is 21.2. The Bertz CT molecular complexity index is 1040. The molecule has 1 aliphatic carbocycles. The summed E-state index contributed by atoms with van der Waals surface area (Å²) in [6, 6.07) is 14.8. The number of benzene rings is 2. The molecule has 4 rings (SSSR count). The fourth-order valence-electron chi connectivity index (χ4n) is 3.51. The van der Waals surface area contributed by atoms with Gasteiger partial charge in [-0.1, -0.05) is 36.6 Å². The van der Waals surface area contributed by atoms with Crippen LogP contribution >= 0.6 is 11.6 Å². The van der Waals surface area contributed by atoms with Gasteiger partial charge in [-0.25, -0.2) is 4.98 Å². The Balaban J connectivity index is 1.67. The van der Waals surface area contributed by atoms with E-state index in [4.69, 9.17) is 11.6 Å². The molecule has 2 aromatic carbocycles. The van der Waals surface area contributed by atoms with E-state index in [-0.39, 0.29) is 11.8 Å². The highest BCUT2D eigenvalue weighted by Crippen LogP contribution is 2.30. The zero-order valence-electron chi connectivity index (χ0n) is 16.4. The minimum atomic E-state index is -4.76. The predicted molar refractivity (Wildman–Crippen MR) is 115 cm³/mol. The van der Waals surface area contributed by atoms with E-state index in [0.717, 1.165) is 31.4 Å². The van der Waals surface area contributed by atoms with Crippen LogP contribution in [0.5, 0.6) is 5.75 Å². The van der Waals surface area contributed by atoms with Crippen molar-refractivity contribution in [3.63, 3.8) is 0 Å². The van der Waals surface area contributed by atoms with Crippen molar-refractivity contribution >= 4 is 29.1 Å². The maximum absolute atomic E-state index is 12.6. The Hall–Kier alpha value is -3.00. The molecule has 0 saturated heterocycles. The maximum atomic E-state index is 12.6. The molecule has 0 spiro atoms. The summed E-state index contributed by atoms with van der Waals surface area (Å²) in [4.78, 5) is 9.08. The van der Waals surface area contributed by atoms with E-state index in [1.807, 2.05) is 12.1 Å². The van der Waals surface area contributed by atoms with Crippen molar-refractivity contribution in [2.24, 2.45) is 0 Å². The third-order valence-electron chi connectivity index (χ3n) is 4.89. The minimum Gasteiger partial charge on any atom is -0.406 e. The summed E-state index contributed by atoms with van der Waals surface area (Å²) in [5, 5.41) is 7.15. The quantitative estimate of drug-likeness (QED) is 0.434. The van der Waals surface area contributed by atoms with Gasteiger partial charge in [0.2, 0.25) is 5.95 Å². The monoisotopic (exact) mass is 448 g/mol. The average Bonchev–Trinajstić information content (AvgIpc) is 3.21. The van der Waals surface area contributed by atoms with Crippen LogP contribution < -0.4 is 15.4 Å². The molecule has 0 bridgehead atoms. The van der Waals surface area contributed by atoms with E-state index < -0.39 is 6.36 Å². The summed E-state index contributed by atoms with van der Waals surface area (Å²) >= 11 is 5.95. The van der Waals surface area contributed by atoms with Crippen LogP contribution in [-0.4, -0.2) is 22.4 Å². The van der Waals surface area contributed by atoms with Crippen molar-refractivity contribution in [3.8, 4) is 17.0 Å². The van der Waals surface area contributed by atoms with Gasteiger partial charge in [0, 0.05) is 28.4 Å². The lowest BCUT2D eigenvalue weighted by Gasteiger charge is -2.15. The lowest BCUT2D eigenvalue weighted by molar-refractivity contribution is -0.274. The molecule has 0 unspecified atom stereocenters. The van der Waals surface area contributed by atoms with Gasteiger partial charge in [0.05, 0.1) is 5.69 Å². The number of halogens is 4. The summed E-state index contributed by atoms with van der Waals surface area (Å²) < 4.78 is 41.9. The Morgan fingerprint density at radius 2 is 1.71 bits per heavy atom. The van der Waals surface area contributed by atoms with E-state index in [1.165, 1.54) is 18.2 Å². The summed E-state index contributed by atoms with van der Waals surface area (Å²) in [6.07, 6.45) is -0.417. The zero-order chi connectivity index (χ0) is 21.8. The summed E-state index contributed by atoms with van der Waals surface area (Å²) in [7, 11) is 0. The van der Waals surface area contributed by atoms with Gasteiger partial charge < -0.3 is 15.4 Å². The third kappa shape index (κ3) is 6.01. The topological polar surface area (TPSA) is 59.1 Å². The lowest BCUT2D eigenvalue weighted by Crippen LogP contribution is -2.17. The number of alkyl halides is 3. The standard InChI is InChI=1S/C22H20ClF3N4O/c23-15-8-10-17(11-9-15)27-20-13-19(29-21(30-20)28-16-5-1-2-6-16)14-4-3-7-18(12-14)31-22(24,25)26/h3-4,7-13,16H,1-2,5-6H2,(H2,27,28,29,30). The van der Waals surface area contributed by atoms with E-state index in [2.05, 4.69) is 25.3 Å². The van der Waals surface area contributed by atoms with E-state index in [1.54, 1.807) is 24.3 Å². The Kier molecular flexibility index (Phi) is 6.18. The molecular formula is C22H20ClF3N4O. The molecule has 1 fully saturated rings. The molecule has 0 radical (unpaired) electrons. The number of hydrogen-bond acceptors (Lipinski definition) is 5. The number of hydrogen-bond donors (Lipinski definition) is 2. The minimum absolute atomic E-state index is 0.276. The van der Waals surface area contributed by atoms with Gasteiger partial charge in [0.1, 0.15) is 11.6 Å².